The highest BCUT2D eigenvalue weighted by molar-refractivity contribution is 5.96. The average molecular weight is 441 g/mol. The lowest BCUT2D eigenvalue weighted by Gasteiger charge is -2.31. The highest BCUT2D eigenvalue weighted by Gasteiger charge is 2.36. The van der Waals surface area contributed by atoms with E-state index in [1.807, 2.05) is 13.0 Å². The molecule has 2 aromatic carbocycles. The molecule has 0 unspecified atom stereocenters. The largest absolute Gasteiger partial charge is 0.418 e. The summed E-state index contributed by atoms with van der Waals surface area (Å²) in [6, 6.07) is 10.3. The van der Waals surface area contributed by atoms with Crippen LogP contribution in [0.1, 0.15) is 27.9 Å². The Morgan fingerprint density at radius 3 is 2.56 bits per heavy atom. The first-order chi connectivity index (χ1) is 15.3. The number of rotatable bonds is 4. The summed E-state index contributed by atoms with van der Waals surface area (Å²) in [7, 11) is 0. The van der Waals surface area contributed by atoms with E-state index < -0.39 is 11.7 Å². The maximum absolute atomic E-state index is 13.9. The number of nitrogens with zero attached hydrogens (tertiary/aromatic N) is 4. The monoisotopic (exact) mass is 441 g/mol. The number of anilines is 2. The van der Waals surface area contributed by atoms with Crippen molar-refractivity contribution in [2.45, 2.75) is 26.6 Å². The zero-order valence-corrected chi connectivity index (χ0v) is 17.8. The van der Waals surface area contributed by atoms with E-state index in [1.54, 1.807) is 30.0 Å². The number of aromatic nitrogens is 2. The molecule has 4 rings (SSSR count). The first kappa shape index (κ1) is 21.8. The molecule has 0 atom stereocenters. The molecule has 1 aliphatic heterocycles. The number of alkyl halides is 3. The smallest absolute Gasteiger partial charge is 0.378 e. The highest BCUT2D eigenvalue weighted by atomic mass is 19.4. The van der Waals surface area contributed by atoms with Gasteiger partial charge in [-0.05, 0) is 43.2 Å². The summed E-state index contributed by atoms with van der Waals surface area (Å²) in [4.78, 5) is 1.70. The van der Waals surface area contributed by atoms with Gasteiger partial charge >= 0.3 is 6.18 Å². The first-order valence-electron chi connectivity index (χ1n) is 10.2. The second-order valence-corrected chi connectivity index (χ2v) is 7.70. The molecule has 9 heteroatoms. The number of hydrogen-bond donors (Lipinski definition) is 1. The Hall–Kier alpha value is -3.38. The van der Waals surface area contributed by atoms with Crippen LogP contribution in [0.25, 0.3) is 10.8 Å². The summed E-state index contributed by atoms with van der Waals surface area (Å²) < 4.78 is 47.1. The van der Waals surface area contributed by atoms with Gasteiger partial charge in [0.15, 0.2) is 5.82 Å². The Balaban J connectivity index is 1.79. The number of fused-ring (bicyclic) bond motifs is 1. The molecule has 1 fully saturated rings. The van der Waals surface area contributed by atoms with Gasteiger partial charge in [0.1, 0.15) is 0 Å². The third-order valence-corrected chi connectivity index (χ3v) is 5.75. The molecule has 32 heavy (non-hydrogen) atoms. The molecule has 1 saturated heterocycles. The van der Waals surface area contributed by atoms with Crippen LogP contribution >= 0.6 is 0 Å². The van der Waals surface area contributed by atoms with E-state index in [4.69, 9.17) is 4.74 Å². The Morgan fingerprint density at radius 1 is 1.12 bits per heavy atom. The van der Waals surface area contributed by atoms with E-state index in [0.29, 0.717) is 60.7 Å². The molecule has 0 amide bonds. The van der Waals surface area contributed by atoms with Crippen LogP contribution in [0.2, 0.25) is 0 Å². The fourth-order valence-corrected chi connectivity index (χ4v) is 3.91. The van der Waals surface area contributed by atoms with Crippen LogP contribution in [0.5, 0.6) is 0 Å². The molecule has 1 N–H and O–H groups in total. The molecule has 0 aliphatic carbocycles. The second-order valence-electron chi connectivity index (χ2n) is 7.70. The van der Waals surface area contributed by atoms with Crippen molar-refractivity contribution < 1.29 is 17.9 Å². The Morgan fingerprint density at radius 2 is 1.88 bits per heavy atom. The van der Waals surface area contributed by atoms with Crippen LogP contribution in [-0.2, 0) is 17.5 Å². The molecule has 166 valence electrons. The number of morpholine rings is 1. The van der Waals surface area contributed by atoms with Gasteiger partial charge < -0.3 is 15.0 Å². The summed E-state index contributed by atoms with van der Waals surface area (Å²) in [5.74, 6) is 0.399. The van der Waals surface area contributed by atoms with Gasteiger partial charge in [-0.3, -0.25) is 0 Å². The number of halogens is 3. The van der Waals surface area contributed by atoms with Crippen molar-refractivity contribution >= 4 is 22.3 Å². The van der Waals surface area contributed by atoms with E-state index >= 15 is 0 Å². The van der Waals surface area contributed by atoms with Gasteiger partial charge in [-0.1, -0.05) is 12.1 Å². The van der Waals surface area contributed by atoms with E-state index in [-0.39, 0.29) is 5.69 Å². The van der Waals surface area contributed by atoms with Gasteiger partial charge in [-0.2, -0.15) is 23.5 Å². The van der Waals surface area contributed by atoms with Gasteiger partial charge in [0, 0.05) is 36.1 Å². The lowest BCUT2D eigenvalue weighted by atomic mass is 10.0. The molecule has 6 nitrogen and oxygen atoms in total. The van der Waals surface area contributed by atoms with Crippen molar-refractivity contribution in [3.05, 3.63) is 58.3 Å². The molecule has 1 aromatic heterocycles. The number of benzene rings is 2. The molecule has 0 bridgehead atoms. The van der Waals surface area contributed by atoms with Gasteiger partial charge in [0.2, 0.25) is 0 Å². The second kappa shape index (κ2) is 8.63. The Labute approximate surface area is 183 Å². The molecular weight excluding hydrogens is 419 g/mol. The summed E-state index contributed by atoms with van der Waals surface area (Å²) >= 11 is 0. The van der Waals surface area contributed by atoms with Gasteiger partial charge in [-0.15, -0.1) is 5.10 Å². The molecule has 1 aliphatic rings. The van der Waals surface area contributed by atoms with Gasteiger partial charge in [0.25, 0.3) is 0 Å². The topological polar surface area (TPSA) is 74.1 Å². The number of nitrogens with one attached hydrogen (secondary N) is 1. The number of hydrogen-bond acceptors (Lipinski definition) is 6. The predicted molar refractivity (Wildman–Crippen MR) is 116 cm³/mol. The van der Waals surface area contributed by atoms with Crippen LogP contribution in [0, 0.1) is 25.2 Å². The minimum Gasteiger partial charge on any atom is -0.378 e. The summed E-state index contributed by atoms with van der Waals surface area (Å²) in [6.45, 7) is 5.39. The third kappa shape index (κ3) is 4.18. The molecule has 3 aromatic rings. The van der Waals surface area contributed by atoms with Crippen molar-refractivity contribution in [2.24, 2.45) is 0 Å². The van der Waals surface area contributed by atoms with E-state index in [9.17, 15) is 18.4 Å². The minimum absolute atomic E-state index is 0.117. The maximum Gasteiger partial charge on any atom is 0.418 e. The molecule has 0 spiro atoms. The lowest BCUT2D eigenvalue weighted by molar-refractivity contribution is -0.137. The molecular formula is C23H22F3N5O. The van der Waals surface area contributed by atoms with E-state index in [2.05, 4.69) is 21.6 Å². The van der Waals surface area contributed by atoms with Crippen molar-refractivity contribution in [3.8, 4) is 6.07 Å². The fraction of sp³-hybridized carbons (Fsp3) is 0.348. The van der Waals surface area contributed by atoms with Gasteiger partial charge in [0.05, 0.1) is 36.1 Å². The summed E-state index contributed by atoms with van der Waals surface area (Å²) in [6.07, 6.45) is -4.50. The maximum atomic E-state index is 13.9. The quantitative estimate of drug-likeness (QED) is 0.639. The number of ether oxygens (including phenoxy) is 1. The van der Waals surface area contributed by atoms with Crippen LogP contribution < -0.4 is 10.2 Å². The molecule has 2 heterocycles. The summed E-state index contributed by atoms with van der Waals surface area (Å²) in [5, 5.41) is 21.7. The first-order valence-corrected chi connectivity index (χ1v) is 10.2. The highest BCUT2D eigenvalue weighted by Crippen LogP contribution is 2.41. The minimum atomic E-state index is -4.50. The van der Waals surface area contributed by atoms with Crippen molar-refractivity contribution in [2.75, 3.05) is 36.5 Å². The lowest BCUT2D eigenvalue weighted by Crippen LogP contribution is -2.37. The normalized spacial score (nSPS) is 14.4. The third-order valence-electron chi connectivity index (χ3n) is 5.75. The number of nitriles is 1. The predicted octanol–water partition coefficient (Wildman–Crippen LogP) is 4.59. The van der Waals surface area contributed by atoms with Crippen LogP contribution in [0.4, 0.5) is 24.7 Å². The van der Waals surface area contributed by atoms with Crippen molar-refractivity contribution in [1.82, 2.24) is 10.2 Å². The van der Waals surface area contributed by atoms with Crippen LogP contribution in [-0.4, -0.2) is 36.5 Å². The fourth-order valence-electron chi connectivity index (χ4n) is 3.91. The summed E-state index contributed by atoms with van der Waals surface area (Å²) in [5.41, 5.74) is 2.18. The molecule has 0 saturated carbocycles. The SMILES string of the molecule is Cc1c(C#N)cccc1CNc1nnc(C)c2cc(C(F)(F)F)c(N3CCOCC3)cc12. The Kier molecular flexibility index (Phi) is 5.89. The Bertz CT molecular complexity index is 1200. The average Bonchev–Trinajstić information content (AvgIpc) is 2.79. The zero-order valence-electron chi connectivity index (χ0n) is 17.8. The zero-order chi connectivity index (χ0) is 22.9. The van der Waals surface area contributed by atoms with Crippen LogP contribution in [0.15, 0.2) is 30.3 Å². The standard InChI is InChI=1S/C23H22F3N5O/c1-14-16(12-27)4-3-5-17(14)13-28-22-19-11-21(31-6-8-32-9-7-31)20(23(24,25)26)10-18(19)15(2)29-30-22/h3-5,10-11H,6-9,13H2,1-2H3,(H,28,30). The molecule has 0 radical (unpaired) electrons. The van der Waals surface area contributed by atoms with E-state index in [0.717, 1.165) is 17.2 Å². The van der Waals surface area contributed by atoms with Crippen LogP contribution in [0.3, 0.4) is 0 Å². The number of aryl methyl sites for hydroxylation is 1. The van der Waals surface area contributed by atoms with Gasteiger partial charge in [-0.25, -0.2) is 0 Å². The van der Waals surface area contributed by atoms with Crippen molar-refractivity contribution in [1.29, 1.82) is 5.26 Å². The van der Waals surface area contributed by atoms with E-state index in [1.165, 1.54) is 0 Å². The van der Waals surface area contributed by atoms with Crippen molar-refractivity contribution in [3.63, 3.8) is 0 Å².